The zero-order valence-electron chi connectivity index (χ0n) is 13.6. The third-order valence-corrected chi connectivity index (χ3v) is 3.93. The maximum Gasteiger partial charge on any atom is 0.244 e. The fraction of sp³-hybridized carbons (Fsp3) is 0.389. The SMILES string of the molecule is O=C(/C=C/c1cnc2ccccc2n1)NCCCN1CCOCC1. The van der Waals surface area contributed by atoms with E-state index in [1.165, 1.54) is 6.08 Å². The highest BCUT2D eigenvalue weighted by Crippen LogP contribution is 2.09. The Bertz CT molecular complexity index is 711. The molecule has 0 atom stereocenters. The van der Waals surface area contributed by atoms with Gasteiger partial charge in [0.1, 0.15) is 0 Å². The topological polar surface area (TPSA) is 67.4 Å². The van der Waals surface area contributed by atoms with Crippen molar-refractivity contribution in [3.8, 4) is 0 Å². The minimum atomic E-state index is -0.105. The summed E-state index contributed by atoms with van der Waals surface area (Å²) < 4.78 is 5.31. The standard InChI is InChI=1S/C18H22N4O2/c23-18(19-8-3-9-22-10-12-24-13-11-22)7-6-15-14-20-16-4-1-2-5-17(16)21-15/h1-2,4-7,14H,3,8-13H2,(H,19,23)/b7-6+. The molecule has 1 aliphatic rings. The van der Waals surface area contributed by atoms with Gasteiger partial charge >= 0.3 is 0 Å². The number of hydrogen-bond acceptors (Lipinski definition) is 5. The van der Waals surface area contributed by atoms with Crippen molar-refractivity contribution in [1.29, 1.82) is 0 Å². The highest BCUT2D eigenvalue weighted by Gasteiger charge is 2.09. The molecule has 1 fully saturated rings. The number of para-hydroxylation sites is 2. The molecule has 2 heterocycles. The predicted molar refractivity (Wildman–Crippen MR) is 93.5 cm³/mol. The van der Waals surface area contributed by atoms with Gasteiger partial charge in [0.25, 0.3) is 0 Å². The van der Waals surface area contributed by atoms with Gasteiger partial charge in [-0.25, -0.2) is 4.98 Å². The Hall–Kier alpha value is -2.31. The van der Waals surface area contributed by atoms with Gasteiger partial charge in [-0.3, -0.25) is 14.7 Å². The van der Waals surface area contributed by atoms with E-state index in [4.69, 9.17) is 4.74 Å². The van der Waals surface area contributed by atoms with E-state index in [2.05, 4.69) is 20.2 Å². The Balaban J connectivity index is 1.42. The van der Waals surface area contributed by atoms with Crippen LogP contribution in [0, 0.1) is 0 Å². The van der Waals surface area contributed by atoms with Crippen molar-refractivity contribution < 1.29 is 9.53 Å². The third-order valence-electron chi connectivity index (χ3n) is 3.93. The number of morpholine rings is 1. The first-order valence-corrected chi connectivity index (χ1v) is 8.29. The monoisotopic (exact) mass is 326 g/mol. The predicted octanol–water partition coefficient (Wildman–Crippen LogP) is 1.48. The number of carbonyl (C=O) groups is 1. The van der Waals surface area contributed by atoms with Crippen molar-refractivity contribution in [2.75, 3.05) is 39.4 Å². The number of fused-ring (bicyclic) bond motifs is 1. The Morgan fingerprint density at radius 3 is 2.88 bits per heavy atom. The number of aromatic nitrogens is 2. The quantitative estimate of drug-likeness (QED) is 0.643. The summed E-state index contributed by atoms with van der Waals surface area (Å²) in [6, 6.07) is 7.67. The van der Waals surface area contributed by atoms with Gasteiger partial charge in [0.2, 0.25) is 5.91 Å². The first-order chi connectivity index (χ1) is 11.8. The van der Waals surface area contributed by atoms with Gasteiger partial charge in [0, 0.05) is 25.7 Å². The molecule has 6 nitrogen and oxygen atoms in total. The van der Waals surface area contributed by atoms with Gasteiger partial charge in [-0.05, 0) is 31.2 Å². The summed E-state index contributed by atoms with van der Waals surface area (Å²) in [5.74, 6) is -0.105. The van der Waals surface area contributed by atoms with E-state index in [0.29, 0.717) is 12.2 Å². The molecule has 1 aromatic carbocycles. The minimum Gasteiger partial charge on any atom is -0.379 e. The maximum atomic E-state index is 11.9. The summed E-state index contributed by atoms with van der Waals surface area (Å²) in [5, 5.41) is 2.90. The lowest BCUT2D eigenvalue weighted by molar-refractivity contribution is -0.116. The highest BCUT2D eigenvalue weighted by atomic mass is 16.5. The number of benzene rings is 1. The van der Waals surface area contributed by atoms with E-state index in [1.807, 2.05) is 24.3 Å². The van der Waals surface area contributed by atoms with Gasteiger partial charge in [0.05, 0.1) is 36.1 Å². The molecule has 1 aromatic heterocycles. The minimum absolute atomic E-state index is 0.105. The molecule has 0 bridgehead atoms. The van der Waals surface area contributed by atoms with E-state index >= 15 is 0 Å². The molecule has 1 aliphatic heterocycles. The van der Waals surface area contributed by atoms with Crippen LogP contribution >= 0.6 is 0 Å². The molecule has 1 saturated heterocycles. The van der Waals surface area contributed by atoms with Crippen molar-refractivity contribution >= 4 is 23.0 Å². The molecule has 6 heteroatoms. The van der Waals surface area contributed by atoms with Crippen molar-refractivity contribution in [2.24, 2.45) is 0 Å². The largest absolute Gasteiger partial charge is 0.379 e. The molecule has 1 amide bonds. The van der Waals surface area contributed by atoms with Crippen molar-refractivity contribution in [2.45, 2.75) is 6.42 Å². The summed E-state index contributed by atoms with van der Waals surface area (Å²) in [7, 11) is 0. The molecule has 0 aliphatic carbocycles. The molecule has 126 valence electrons. The van der Waals surface area contributed by atoms with E-state index < -0.39 is 0 Å². The zero-order chi connectivity index (χ0) is 16.6. The number of rotatable bonds is 6. The lowest BCUT2D eigenvalue weighted by Gasteiger charge is -2.26. The van der Waals surface area contributed by atoms with Crippen LogP contribution in [0.15, 0.2) is 36.5 Å². The Labute approximate surface area is 141 Å². The Morgan fingerprint density at radius 2 is 2.04 bits per heavy atom. The zero-order valence-corrected chi connectivity index (χ0v) is 13.6. The van der Waals surface area contributed by atoms with E-state index in [9.17, 15) is 4.79 Å². The lowest BCUT2D eigenvalue weighted by atomic mass is 10.3. The van der Waals surface area contributed by atoms with Crippen LogP contribution in [0.1, 0.15) is 12.1 Å². The average Bonchev–Trinajstić information content (AvgIpc) is 2.64. The van der Waals surface area contributed by atoms with E-state index in [0.717, 1.165) is 50.3 Å². The molecule has 1 N–H and O–H groups in total. The molecule has 0 saturated carbocycles. The molecule has 24 heavy (non-hydrogen) atoms. The summed E-state index contributed by atoms with van der Waals surface area (Å²) in [6.45, 7) is 5.24. The van der Waals surface area contributed by atoms with Crippen LogP contribution in [0.25, 0.3) is 17.1 Å². The second-order valence-corrected chi connectivity index (χ2v) is 5.72. The second-order valence-electron chi connectivity index (χ2n) is 5.72. The summed E-state index contributed by atoms with van der Waals surface area (Å²) in [6.07, 6.45) is 5.81. The second kappa shape index (κ2) is 8.52. The summed E-state index contributed by atoms with van der Waals surface area (Å²) in [5.41, 5.74) is 2.35. The van der Waals surface area contributed by atoms with Crippen LogP contribution in [-0.4, -0.2) is 60.2 Å². The van der Waals surface area contributed by atoms with Gasteiger partial charge < -0.3 is 10.1 Å². The molecule has 0 unspecified atom stereocenters. The molecule has 2 aromatic rings. The smallest absolute Gasteiger partial charge is 0.244 e. The van der Waals surface area contributed by atoms with Crippen molar-refractivity contribution in [3.63, 3.8) is 0 Å². The molecule has 0 radical (unpaired) electrons. The van der Waals surface area contributed by atoms with Crippen molar-refractivity contribution in [1.82, 2.24) is 20.2 Å². The first kappa shape index (κ1) is 16.5. The number of carbonyl (C=O) groups excluding carboxylic acids is 1. The average molecular weight is 326 g/mol. The summed E-state index contributed by atoms with van der Waals surface area (Å²) in [4.78, 5) is 23.0. The number of nitrogens with zero attached hydrogens (tertiary/aromatic N) is 3. The van der Waals surface area contributed by atoms with Crippen LogP contribution in [0.2, 0.25) is 0 Å². The van der Waals surface area contributed by atoms with Gasteiger partial charge in [-0.1, -0.05) is 12.1 Å². The van der Waals surface area contributed by atoms with E-state index in [-0.39, 0.29) is 5.91 Å². The van der Waals surface area contributed by atoms with Crippen molar-refractivity contribution in [3.05, 3.63) is 42.2 Å². The lowest BCUT2D eigenvalue weighted by Crippen LogP contribution is -2.38. The Kier molecular flexibility index (Phi) is 5.87. The Morgan fingerprint density at radius 1 is 1.25 bits per heavy atom. The molecule has 0 spiro atoms. The third kappa shape index (κ3) is 4.84. The fourth-order valence-electron chi connectivity index (χ4n) is 2.61. The van der Waals surface area contributed by atoms with Gasteiger partial charge in [-0.2, -0.15) is 0 Å². The van der Waals surface area contributed by atoms with Gasteiger partial charge in [-0.15, -0.1) is 0 Å². The molecule has 3 rings (SSSR count). The number of nitrogens with one attached hydrogen (secondary N) is 1. The summed E-state index contributed by atoms with van der Waals surface area (Å²) >= 11 is 0. The van der Waals surface area contributed by atoms with Gasteiger partial charge in [0.15, 0.2) is 0 Å². The fourth-order valence-corrected chi connectivity index (χ4v) is 2.61. The normalized spacial score (nSPS) is 15.8. The van der Waals surface area contributed by atoms with Crippen LogP contribution in [-0.2, 0) is 9.53 Å². The highest BCUT2D eigenvalue weighted by molar-refractivity contribution is 5.91. The first-order valence-electron chi connectivity index (χ1n) is 8.29. The van der Waals surface area contributed by atoms with Crippen LogP contribution in [0.3, 0.4) is 0 Å². The number of hydrogen-bond donors (Lipinski definition) is 1. The molecular weight excluding hydrogens is 304 g/mol. The van der Waals surface area contributed by atoms with E-state index in [1.54, 1.807) is 12.3 Å². The maximum absolute atomic E-state index is 11.9. The van der Waals surface area contributed by atoms with Crippen LogP contribution in [0.5, 0.6) is 0 Å². The number of amides is 1. The molecular formula is C18H22N4O2. The number of ether oxygens (including phenoxy) is 1. The van der Waals surface area contributed by atoms with Crippen LogP contribution in [0.4, 0.5) is 0 Å². The van der Waals surface area contributed by atoms with Crippen LogP contribution < -0.4 is 5.32 Å².